The summed E-state index contributed by atoms with van der Waals surface area (Å²) < 4.78 is 51.3. The Hall–Kier alpha value is -3.34. The van der Waals surface area contributed by atoms with Crippen LogP contribution in [0.3, 0.4) is 0 Å². The zero-order valence-corrected chi connectivity index (χ0v) is 21.8. The number of sulfonamides is 1. The van der Waals surface area contributed by atoms with Crippen LogP contribution in [0.25, 0.3) is 0 Å². The fourth-order valence-corrected chi connectivity index (χ4v) is 5.57. The highest BCUT2D eigenvalue weighted by atomic mass is 32.2. The van der Waals surface area contributed by atoms with Crippen molar-refractivity contribution in [1.29, 1.82) is 0 Å². The van der Waals surface area contributed by atoms with Crippen LogP contribution in [0, 0.1) is 5.82 Å². The predicted octanol–water partition coefficient (Wildman–Crippen LogP) is 3.19. The molecule has 1 atom stereocenters. The third-order valence-corrected chi connectivity index (χ3v) is 8.50. The second kappa shape index (κ2) is 11.4. The largest absolute Gasteiger partial charge is 0.454 e. The third kappa shape index (κ3) is 6.33. The van der Waals surface area contributed by atoms with Crippen LogP contribution in [0.4, 0.5) is 10.1 Å². The molecule has 2 amide bonds. The maximum atomic E-state index is 13.7. The van der Waals surface area contributed by atoms with Crippen LogP contribution < -0.4 is 19.1 Å². The molecule has 2 aromatic rings. The van der Waals surface area contributed by atoms with Gasteiger partial charge in [-0.3, -0.25) is 13.9 Å². The summed E-state index contributed by atoms with van der Waals surface area (Å²) in [4.78, 5) is 28.1. The number of anilines is 1. The molecule has 9 nitrogen and oxygen atoms in total. The summed E-state index contributed by atoms with van der Waals surface area (Å²) in [5, 5.41) is 3.01. The minimum atomic E-state index is -3.86. The number of carbonyl (C=O) groups is 2. The SMILES string of the molecule is CCS(=O)(=O)N(CC(=O)N(Cc1ccc(F)cc1)[C@@H](C)C(=O)NC1CCCC1)c1ccc2c(c1)OCO2. The molecule has 0 bridgehead atoms. The molecule has 2 aliphatic rings. The highest BCUT2D eigenvalue weighted by molar-refractivity contribution is 7.92. The van der Waals surface area contributed by atoms with E-state index in [1.165, 1.54) is 42.2 Å². The molecule has 1 fully saturated rings. The van der Waals surface area contributed by atoms with Crippen LogP contribution in [0.5, 0.6) is 11.5 Å². The van der Waals surface area contributed by atoms with E-state index in [1.54, 1.807) is 19.1 Å². The number of amides is 2. The molecule has 0 aromatic heterocycles. The van der Waals surface area contributed by atoms with Crippen molar-refractivity contribution < 1.29 is 31.9 Å². The van der Waals surface area contributed by atoms with E-state index in [0.717, 1.165) is 30.0 Å². The first kappa shape index (κ1) is 26.7. The van der Waals surface area contributed by atoms with Gasteiger partial charge >= 0.3 is 0 Å². The van der Waals surface area contributed by atoms with Crippen molar-refractivity contribution in [2.24, 2.45) is 0 Å². The van der Waals surface area contributed by atoms with Gasteiger partial charge in [-0.2, -0.15) is 0 Å². The predicted molar refractivity (Wildman–Crippen MR) is 136 cm³/mol. The zero-order valence-electron chi connectivity index (χ0n) is 21.0. The maximum Gasteiger partial charge on any atom is 0.244 e. The van der Waals surface area contributed by atoms with Crippen molar-refractivity contribution in [3.63, 3.8) is 0 Å². The molecular formula is C26H32FN3O6S. The summed E-state index contributed by atoms with van der Waals surface area (Å²) >= 11 is 0. The summed E-state index contributed by atoms with van der Waals surface area (Å²) in [5.41, 5.74) is 0.868. The van der Waals surface area contributed by atoms with Gasteiger partial charge in [-0.25, -0.2) is 12.8 Å². The van der Waals surface area contributed by atoms with Crippen molar-refractivity contribution in [3.8, 4) is 11.5 Å². The lowest BCUT2D eigenvalue weighted by Gasteiger charge is -2.32. The molecule has 0 saturated heterocycles. The number of nitrogens with zero attached hydrogens (tertiary/aromatic N) is 2. The van der Waals surface area contributed by atoms with E-state index < -0.39 is 34.3 Å². The van der Waals surface area contributed by atoms with E-state index in [9.17, 15) is 22.4 Å². The van der Waals surface area contributed by atoms with E-state index in [-0.39, 0.29) is 36.7 Å². The van der Waals surface area contributed by atoms with Gasteiger partial charge in [-0.05, 0) is 56.5 Å². The Balaban J connectivity index is 1.61. The van der Waals surface area contributed by atoms with Crippen molar-refractivity contribution >= 4 is 27.5 Å². The smallest absolute Gasteiger partial charge is 0.244 e. The fraction of sp³-hybridized carbons (Fsp3) is 0.462. The number of hydrogen-bond donors (Lipinski definition) is 1. The first-order chi connectivity index (χ1) is 17.7. The van der Waals surface area contributed by atoms with Crippen LogP contribution in [-0.2, 0) is 26.2 Å². The van der Waals surface area contributed by atoms with Crippen molar-refractivity contribution in [2.75, 3.05) is 23.4 Å². The Kier molecular flexibility index (Phi) is 8.21. The lowest BCUT2D eigenvalue weighted by atomic mass is 10.1. The number of fused-ring (bicyclic) bond motifs is 1. The van der Waals surface area contributed by atoms with Gasteiger partial charge in [0.2, 0.25) is 28.6 Å². The van der Waals surface area contributed by atoms with E-state index in [4.69, 9.17) is 9.47 Å². The quantitative estimate of drug-likeness (QED) is 0.503. The minimum absolute atomic E-state index is 0.0134. The van der Waals surface area contributed by atoms with Crippen LogP contribution >= 0.6 is 0 Å². The lowest BCUT2D eigenvalue weighted by Crippen LogP contribution is -2.52. The number of nitrogens with one attached hydrogen (secondary N) is 1. The number of benzene rings is 2. The van der Waals surface area contributed by atoms with E-state index in [0.29, 0.717) is 17.1 Å². The van der Waals surface area contributed by atoms with Gasteiger partial charge in [-0.15, -0.1) is 0 Å². The highest BCUT2D eigenvalue weighted by Gasteiger charge is 2.32. The Labute approximate surface area is 216 Å². The summed E-state index contributed by atoms with van der Waals surface area (Å²) in [6.07, 6.45) is 3.85. The highest BCUT2D eigenvalue weighted by Crippen LogP contribution is 2.36. The lowest BCUT2D eigenvalue weighted by molar-refractivity contribution is -0.139. The average molecular weight is 534 g/mol. The van der Waals surface area contributed by atoms with Crippen LogP contribution in [0.1, 0.15) is 45.1 Å². The van der Waals surface area contributed by atoms with E-state index in [2.05, 4.69) is 5.32 Å². The first-order valence-corrected chi connectivity index (χ1v) is 14.0. The molecule has 1 heterocycles. The minimum Gasteiger partial charge on any atom is -0.454 e. The molecule has 37 heavy (non-hydrogen) atoms. The Morgan fingerprint density at radius 3 is 2.43 bits per heavy atom. The summed E-state index contributed by atoms with van der Waals surface area (Å²) in [5.74, 6) is -0.655. The van der Waals surface area contributed by atoms with Crippen molar-refractivity contribution in [1.82, 2.24) is 10.2 Å². The van der Waals surface area contributed by atoms with Gasteiger partial charge < -0.3 is 19.7 Å². The maximum absolute atomic E-state index is 13.7. The van der Waals surface area contributed by atoms with E-state index in [1.807, 2.05) is 0 Å². The fourth-order valence-electron chi connectivity index (χ4n) is 4.52. The van der Waals surface area contributed by atoms with Gasteiger partial charge in [0.1, 0.15) is 18.4 Å². The normalized spacial score (nSPS) is 15.9. The van der Waals surface area contributed by atoms with Crippen LogP contribution in [0.15, 0.2) is 42.5 Å². The molecule has 0 radical (unpaired) electrons. The van der Waals surface area contributed by atoms with Gasteiger partial charge in [0.15, 0.2) is 11.5 Å². The van der Waals surface area contributed by atoms with Gasteiger partial charge in [0, 0.05) is 18.7 Å². The summed E-state index contributed by atoms with van der Waals surface area (Å²) in [6.45, 7) is 2.63. The van der Waals surface area contributed by atoms with Crippen LogP contribution in [-0.4, -0.2) is 56.3 Å². The third-order valence-electron chi connectivity index (χ3n) is 6.76. The zero-order chi connectivity index (χ0) is 26.6. The molecule has 1 saturated carbocycles. The Bertz CT molecular complexity index is 1230. The second-order valence-electron chi connectivity index (χ2n) is 9.26. The molecule has 2 aromatic carbocycles. The summed E-state index contributed by atoms with van der Waals surface area (Å²) in [6, 6.07) is 9.48. The molecule has 1 N–H and O–H groups in total. The number of carbonyl (C=O) groups excluding carboxylic acids is 2. The molecular weight excluding hydrogens is 501 g/mol. The second-order valence-corrected chi connectivity index (χ2v) is 11.4. The topological polar surface area (TPSA) is 105 Å². The van der Waals surface area contributed by atoms with Gasteiger partial charge in [0.25, 0.3) is 0 Å². The number of ether oxygens (including phenoxy) is 2. The number of hydrogen-bond acceptors (Lipinski definition) is 6. The van der Waals surface area contributed by atoms with E-state index >= 15 is 0 Å². The van der Waals surface area contributed by atoms with Gasteiger partial charge in [0.05, 0.1) is 11.4 Å². The summed E-state index contributed by atoms with van der Waals surface area (Å²) in [7, 11) is -3.86. The monoisotopic (exact) mass is 533 g/mol. The molecule has 11 heteroatoms. The first-order valence-electron chi connectivity index (χ1n) is 12.4. The molecule has 200 valence electrons. The molecule has 0 unspecified atom stereocenters. The standard InChI is InChI=1S/C26H32FN3O6S/c1-3-37(33,34)30(22-12-13-23-24(14-22)36-17-35-23)16-25(31)29(15-19-8-10-20(27)11-9-19)18(2)26(32)28-21-6-4-5-7-21/h8-14,18,21H,3-7,15-17H2,1-2H3,(H,28,32)/t18-/m0/s1. The molecule has 4 rings (SSSR count). The van der Waals surface area contributed by atoms with Crippen molar-refractivity contribution in [2.45, 2.75) is 58.2 Å². The Morgan fingerprint density at radius 1 is 1.08 bits per heavy atom. The number of halogens is 1. The molecule has 1 aliphatic heterocycles. The molecule has 1 aliphatic carbocycles. The average Bonchev–Trinajstić information content (AvgIpc) is 3.57. The van der Waals surface area contributed by atoms with Gasteiger partial charge in [-0.1, -0.05) is 25.0 Å². The number of rotatable bonds is 10. The molecule has 0 spiro atoms. The van der Waals surface area contributed by atoms with Crippen LogP contribution in [0.2, 0.25) is 0 Å². The van der Waals surface area contributed by atoms with Crippen molar-refractivity contribution in [3.05, 3.63) is 53.8 Å². The Morgan fingerprint density at radius 2 is 1.76 bits per heavy atom.